The molecule has 0 aliphatic heterocycles. The van der Waals surface area contributed by atoms with Crippen molar-refractivity contribution in [3.05, 3.63) is 53.6 Å². The minimum absolute atomic E-state index is 0.139. The zero-order valence-electron chi connectivity index (χ0n) is 16.0. The van der Waals surface area contributed by atoms with E-state index < -0.39 is 0 Å². The number of nitrogens with zero attached hydrogens (tertiary/aromatic N) is 4. The van der Waals surface area contributed by atoms with Gasteiger partial charge in [0.2, 0.25) is 5.91 Å². The monoisotopic (exact) mass is 415 g/mol. The van der Waals surface area contributed by atoms with Gasteiger partial charge >= 0.3 is 0 Å². The molecule has 0 atom stereocenters. The van der Waals surface area contributed by atoms with Gasteiger partial charge in [-0.3, -0.25) is 4.79 Å². The van der Waals surface area contributed by atoms with Crippen molar-refractivity contribution in [3.63, 3.8) is 0 Å². The van der Waals surface area contributed by atoms with Crippen molar-refractivity contribution in [2.75, 3.05) is 30.1 Å². The number of carbonyl (C=O) groups excluding carboxylic acids is 1. The molecule has 3 aromatic rings. The first kappa shape index (κ1) is 20.2. The first-order valence-corrected chi connectivity index (χ1v) is 10.2. The SMILES string of the molecule is CCn1c(SCC(=O)Nc2ccccc2Cl)nnc1-c1cccc(N(C)C)c1. The van der Waals surface area contributed by atoms with Crippen molar-refractivity contribution in [2.24, 2.45) is 0 Å². The number of aromatic nitrogens is 3. The maximum Gasteiger partial charge on any atom is 0.234 e. The van der Waals surface area contributed by atoms with E-state index in [9.17, 15) is 4.79 Å². The van der Waals surface area contributed by atoms with Crippen molar-refractivity contribution in [3.8, 4) is 11.4 Å². The highest BCUT2D eigenvalue weighted by Crippen LogP contribution is 2.27. The van der Waals surface area contributed by atoms with Crippen LogP contribution in [0.4, 0.5) is 11.4 Å². The molecule has 3 rings (SSSR count). The fourth-order valence-electron chi connectivity index (χ4n) is 2.70. The van der Waals surface area contributed by atoms with Crippen LogP contribution in [-0.4, -0.2) is 40.5 Å². The van der Waals surface area contributed by atoms with E-state index in [0.717, 1.165) is 17.1 Å². The summed E-state index contributed by atoms with van der Waals surface area (Å²) >= 11 is 7.44. The maximum atomic E-state index is 12.3. The molecule has 0 bridgehead atoms. The van der Waals surface area contributed by atoms with E-state index in [2.05, 4.69) is 21.6 Å². The number of anilines is 2. The predicted octanol–water partition coefficient (Wildman–Crippen LogP) is 4.42. The van der Waals surface area contributed by atoms with Crippen LogP contribution in [0.2, 0.25) is 5.02 Å². The molecule has 0 spiro atoms. The molecule has 1 N–H and O–H groups in total. The van der Waals surface area contributed by atoms with Crippen LogP contribution in [0.25, 0.3) is 11.4 Å². The van der Waals surface area contributed by atoms with Gasteiger partial charge in [0.15, 0.2) is 11.0 Å². The van der Waals surface area contributed by atoms with Crippen LogP contribution in [0.15, 0.2) is 53.7 Å². The Hall–Kier alpha value is -2.51. The highest BCUT2D eigenvalue weighted by Gasteiger charge is 2.15. The fourth-order valence-corrected chi connectivity index (χ4v) is 3.68. The maximum absolute atomic E-state index is 12.3. The first-order valence-electron chi connectivity index (χ1n) is 8.87. The van der Waals surface area contributed by atoms with Crippen molar-refractivity contribution in [2.45, 2.75) is 18.6 Å². The largest absolute Gasteiger partial charge is 0.378 e. The van der Waals surface area contributed by atoms with Crippen LogP contribution < -0.4 is 10.2 Å². The molecule has 6 nitrogen and oxygen atoms in total. The van der Waals surface area contributed by atoms with Gasteiger partial charge < -0.3 is 14.8 Å². The number of amides is 1. The fraction of sp³-hybridized carbons (Fsp3) is 0.250. The van der Waals surface area contributed by atoms with Gasteiger partial charge in [-0.05, 0) is 31.2 Å². The minimum atomic E-state index is -0.139. The molecule has 0 saturated carbocycles. The molecule has 146 valence electrons. The zero-order valence-corrected chi connectivity index (χ0v) is 17.6. The summed E-state index contributed by atoms with van der Waals surface area (Å²) in [5, 5.41) is 12.7. The molecule has 1 amide bonds. The summed E-state index contributed by atoms with van der Waals surface area (Å²) in [5.41, 5.74) is 2.69. The quantitative estimate of drug-likeness (QED) is 0.579. The summed E-state index contributed by atoms with van der Waals surface area (Å²) in [6.45, 7) is 2.75. The summed E-state index contributed by atoms with van der Waals surface area (Å²) in [5.74, 6) is 0.876. The van der Waals surface area contributed by atoms with E-state index in [4.69, 9.17) is 11.6 Å². The molecule has 0 unspecified atom stereocenters. The third kappa shape index (κ3) is 4.66. The van der Waals surface area contributed by atoms with E-state index in [0.29, 0.717) is 22.4 Å². The van der Waals surface area contributed by atoms with Gasteiger partial charge in [0.1, 0.15) is 0 Å². The summed E-state index contributed by atoms with van der Waals surface area (Å²) in [4.78, 5) is 14.3. The highest BCUT2D eigenvalue weighted by molar-refractivity contribution is 7.99. The Bertz CT molecular complexity index is 973. The van der Waals surface area contributed by atoms with Gasteiger partial charge in [-0.15, -0.1) is 10.2 Å². The number of hydrogen-bond acceptors (Lipinski definition) is 5. The number of para-hydroxylation sites is 1. The third-order valence-corrected chi connectivity index (χ3v) is 5.43. The molecule has 1 heterocycles. The molecule has 0 radical (unpaired) electrons. The number of halogens is 1. The number of nitrogens with one attached hydrogen (secondary N) is 1. The molecule has 0 aliphatic rings. The lowest BCUT2D eigenvalue weighted by molar-refractivity contribution is -0.113. The van der Waals surface area contributed by atoms with Crippen LogP contribution in [-0.2, 0) is 11.3 Å². The number of benzene rings is 2. The Kier molecular flexibility index (Phi) is 6.59. The van der Waals surface area contributed by atoms with Gasteiger partial charge in [-0.1, -0.05) is 47.6 Å². The number of thioether (sulfide) groups is 1. The second kappa shape index (κ2) is 9.12. The second-order valence-corrected chi connectivity index (χ2v) is 7.66. The van der Waals surface area contributed by atoms with E-state index in [1.807, 2.05) is 60.8 Å². The average Bonchev–Trinajstić information content (AvgIpc) is 3.11. The van der Waals surface area contributed by atoms with Crippen molar-refractivity contribution in [1.82, 2.24) is 14.8 Å². The summed E-state index contributed by atoms with van der Waals surface area (Å²) in [6, 6.07) is 15.3. The Morgan fingerprint density at radius 3 is 2.68 bits per heavy atom. The zero-order chi connectivity index (χ0) is 20.1. The molecule has 2 aromatic carbocycles. The third-order valence-electron chi connectivity index (χ3n) is 4.13. The van der Waals surface area contributed by atoms with Crippen molar-refractivity contribution in [1.29, 1.82) is 0 Å². The summed E-state index contributed by atoms with van der Waals surface area (Å²) in [7, 11) is 4.01. The Morgan fingerprint density at radius 2 is 1.96 bits per heavy atom. The van der Waals surface area contributed by atoms with E-state index in [1.165, 1.54) is 11.8 Å². The first-order chi connectivity index (χ1) is 13.5. The van der Waals surface area contributed by atoms with E-state index >= 15 is 0 Å². The number of rotatable bonds is 7. The topological polar surface area (TPSA) is 63.1 Å². The van der Waals surface area contributed by atoms with Crippen molar-refractivity contribution >= 4 is 40.6 Å². The lowest BCUT2D eigenvalue weighted by Crippen LogP contribution is -2.15. The standard InChI is InChI=1S/C20H22ClN5OS/c1-4-26-19(14-8-7-9-15(12-14)25(2)3)23-24-20(26)28-13-18(27)22-17-11-6-5-10-16(17)21/h5-12H,4,13H2,1-3H3,(H,22,27). The molecular weight excluding hydrogens is 394 g/mol. The van der Waals surface area contributed by atoms with Gasteiger partial charge in [-0.25, -0.2) is 0 Å². The second-order valence-electron chi connectivity index (χ2n) is 6.31. The molecule has 0 saturated heterocycles. The average molecular weight is 416 g/mol. The van der Waals surface area contributed by atoms with Gasteiger partial charge in [0.05, 0.1) is 16.5 Å². The van der Waals surface area contributed by atoms with Crippen molar-refractivity contribution < 1.29 is 4.79 Å². The van der Waals surface area contributed by atoms with Gasteiger partial charge in [0, 0.05) is 31.9 Å². The molecule has 1 aromatic heterocycles. The minimum Gasteiger partial charge on any atom is -0.378 e. The normalized spacial score (nSPS) is 10.7. The molecular formula is C20H22ClN5OS. The molecule has 28 heavy (non-hydrogen) atoms. The molecule has 0 fully saturated rings. The summed E-state index contributed by atoms with van der Waals surface area (Å²) < 4.78 is 2.02. The Balaban J connectivity index is 1.73. The van der Waals surface area contributed by atoms with Crippen LogP contribution >= 0.6 is 23.4 Å². The number of hydrogen-bond donors (Lipinski definition) is 1. The molecule has 8 heteroatoms. The lowest BCUT2D eigenvalue weighted by Gasteiger charge is -2.14. The van der Waals surface area contributed by atoms with Crippen LogP contribution in [0.1, 0.15) is 6.92 Å². The smallest absolute Gasteiger partial charge is 0.234 e. The number of carbonyl (C=O) groups is 1. The van der Waals surface area contributed by atoms with Crippen LogP contribution in [0.3, 0.4) is 0 Å². The van der Waals surface area contributed by atoms with E-state index in [-0.39, 0.29) is 11.7 Å². The van der Waals surface area contributed by atoms with Gasteiger partial charge in [-0.2, -0.15) is 0 Å². The summed E-state index contributed by atoms with van der Waals surface area (Å²) in [6.07, 6.45) is 0. The highest BCUT2D eigenvalue weighted by atomic mass is 35.5. The van der Waals surface area contributed by atoms with Gasteiger partial charge in [0.25, 0.3) is 0 Å². The van der Waals surface area contributed by atoms with Crippen LogP contribution in [0, 0.1) is 0 Å². The Labute approximate surface area is 173 Å². The Morgan fingerprint density at radius 1 is 1.18 bits per heavy atom. The lowest BCUT2D eigenvalue weighted by atomic mass is 10.2. The van der Waals surface area contributed by atoms with E-state index in [1.54, 1.807) is 12.1 Å². The predicted molar refractivity (Wildman–Crippen MR) is 116 cm³/mol. The van der Waals surface area contributed by atoms with Crippen LogP contribution in [0.5, 0.6) is 0 Å². The molecule has 0 aliphatic carbocycles.